The number of nitrogens with one attached hydrogen (secondary N) is 1. The van der Waals surface area contributed by atoms with Gasteiger partial charge < -0.3 is 10.2 Å². The van der Waals surface area contributed by atoms with Crippen molar-refractivity contribution >= 4 is 27.5 Å². The van der Waals surface area contributed by atoms with Crippen LogP contribution in [0.1, 0.15) is 37.0 Å². The number of halogens is 1. The summed E-state index contributed by atoms with van der Waals surface area (Å²) in [5.41, 5.74) is 2.65. The number of benzene rings is 3. The summed E-state index contributed by atoms with van der Waals surface area (Å²) >= 11 is 0. The number of hydrogen-bond acceptors (Lipinski definition) is 4. The molecule has 208 valence electrons. The van der Waals surface area contributed by atoms with Gasteiger partial charge in [0.1, 0.15) is 18.4 Å². The van der Waals surface area contributed by atoms with E-state index in [0.717, 1.165) is 33.3 Å². The van der Waals surface area contributed by atoms with Crippen LogP contribution in [0, 0.1) is 12.7 Å². The van der Waals surface area contributed by atoms with E-state index in [9.17, 15) is 22.4 Å². The van der Waals surface area contributed by atoms with E-state index in [4.69, 9.17) is 0 Å². The monoisotopic (exact) mass is 553 g/mol. The van der Waals surface area contributed by atoms with E-state index in [1.807, 2.05) is 75.4 Å². The van der Waals surface area contributed by atoms with Crippen LogP contribution in [0.25, 0.3) is 0 Å². The Morgan fingerprint density at radius 1 is 0.974 bits per heavy atom. The molecule has 0 aromatic heterocycles. The fourth-order valence-electron chi connectivity index (χ4n) is 4.21. The van der Waals surface area contributed by atoms with Gasteiger partial charge in [0.05, 0.1) is 11.9 Å². The number of rotatable bonds is 12. The molecule has 0 spiro atoms. The number of anilines is 1. The number of aryl methyl sites for hydroxylation is 1. The minimum Gasteiger partial charge on any atom is -0.352 e. The number of carbonyl (C=O) groups is 2. The molecule has 0 aliphatic rings. The second-order valence-electron chi connectivity index (χ2n) is 9.72. The molecule has 3 aromatic carbocycles. The van der Waals surface area contributed by atoms with Crippen LogP contribution in [0.4, 0.5) is 10.1 Å². The van der Waals surface area contributed by atoms with Crippen LogP contribution in [0.3, 0.4) is 0 Å². The van der Waals surface area contributed by atoms with Gasteiger partial charge in [-0.25, -0.2) is 12.8 Å². The first-order chi connectivity index (χ1) is 18.5. The predicted molar refractivity (Wildman–Crippen MR) is 152 cm³/mol. The van der Waals surface area contributed by atoms with Crippen LogP contribution in [-0.2, 0) is 32.6 Å². The van der Waals surface area contributed by atoms with Crippen molar-refractivity contribution in [3.05, 3.63) is 101 Å². The third-order valence-electron chi connectivity index (χ3n) is 6.65. The van der Waals surface area contributed by atoms with Gasteiger partial charge in [-0.3, -0.25) is 13.9 Å². The first-order valence-electron chi connectivity index (χ1n) is 12.9. The number of sulfonamides is 1. The van der Waals surface area contributed by atoms with Crippen molar-refractivity contribution in [3.8, 4) is 0 Å². The molecule has 3 aromatic rings. The Kier molecular flexibility index (Phi) is 10.2. The molecule has 0 saturated heterocycles. The third kappa shape index (κ3) is 8.38. The third-order valence-corrected chi connectivity index (χ3v) is 7.79. The molecule has 0 bridgehead atoms. The predicted octanol–water partition coefficient (Wildman–Crippen LogP) is 4.45. The molecule has 39 heavy (non-hydrogen) atoms. The van der Waals surface area contributed by atoms with E-state index in [-0.39, 0.29) is 30.6 Å². The molecule has 9 heteroatoms. The first-order valence-corrected chi connectivity index (χ1v) is 14.8. The molecular formula is C30H36FN3O4S. The molecule has 2 amide bonds. The van der Waals surface area contributed by atoms with Crippen LogP contribution in [-0.4, -0.2) is 50.0 Å². The Morgan fingerprint density at radius 2 is 1.64 bits per heavy atom. The highest BCUT2D eigenvalue weighted by molar-refractivity contribution is 7.92. The number of hydrogen-bond donors (Lipinski definition) is 1. The van der Waals surface area contributed by atoms with Gasteiger partial charge in [0.15, 0.2) is 0 Å². The van der Waals surface area contributed by atoms with Crippen molar-refractivity contribution in [2.45, 2.75) is 52.2 Å². The highest BCUT2D eigenvalue weighted by atomic mass is 32.2. The van der Waals surface area contributed by atoms with Crippen molar-refractivity contribution in [2.75, 3.05) is 17.1 Å². The molecule has 0 aliphatic carbocycles. The highest BCUT2D eigenvalue weighted by Gasteiger charge is 2.33. The second kappa shape index (κ2) is 13.4. The van der Waals surface area contributed by atoms with E-state index >= 15 is 0 Å². The Bertz CT molecular complexity index is 1380. The summed E-state index contributed by atoms with van der Waals surface area (Å²) in [5, 5.41) is 2.99. The lowest BCUT2D eigenvalue weighted by Gasteiger charge is -2.34. The zero-order valence-electron chi connectivity index (χ0n) is 22.8. The van der Waals surface area contributed by atoms with Gasteiger partial charge in [0.2, 0.25) is 21.8 Å². The molecule has 0 fully saturated rings. The lowest BCUT2D eigenvalue weighted by Crippen LogP contribution is -2.54. The number of carbonyl (C=O) groups excluding carboxylic acids is 2. The molecule has 0 unspecified atom stereocenters. The molecule has 0 heterocycles. The van der Waals surface area contributed by atoms with Crippen molar-refractivity contribution in [1.29, 1.82) is 0 Å². The lowest BCUT2D eigenvalue weighted by molar-refractivity contribution is -0.140. The summed E-state index contributed by atoms with van der Waals surface area (Å²) in [6, 6.07) is 20.9. The van der Waals surface area contributed by atoms with Crippen LogP contribution in [0.5, 0.6) is 0 Å². The van der Waals surface area contributed by atoms with Crippen molar-refractivity contribution in [3.63, 3.8) is 0 Å². The molecule has 7 nitrogen and oxygen atoms in total. The SMILES string of the molecule is CC[C@H](C)NC(=O)[C@H](Cc1ccccc1)N(Cc1ccccc1C)C(=O)CN(c1cccc(F)c1)S(C)(=O)=O. The molecule has 0 aliphatic heterocycles. The minimum absolute atomic E-state index is 0.0327. The van der Waals surface area contributed by atoms with Crippen LogP contribution in [0.15, 0.2) is 78.9 Å². The Labute approximate surface area is 230 Å². The summed E-state index contributed by atoms with van der Waals surface area (Å²) in [6.45, 7) is 5.27. The van der Waals surface area contributed by atoms with Crippen LogP contribution >= 0.6 is 0 Å². The van der Waals surface area contributed by atoms with E-state index in [1.165, 1.54) is 23.1 Å². The van der Waals surface area contributed by atoms with E-state index in [0.29, 0.717) is 6.42 Å². The maximum Gasteiger partial charge on any atom is 0.244 e. The van der Waals surface area contributed by atoms with E-state index < -0.39 is 34.3 Å². The molecule has 1 N–H and O–H groups in total. The van der Waals surface area contributed by atoms with Crippen LogP contribution < -0.4 is 9.62 Å². The number of amides is 2. The summed E-state index contributed by atoms with van der Waals surface area (Å²) in [7, 11) is -3.95. The molecule has 3 rings (SSSR count). The summed E-state index contributed by atoms with van der Waals surface area (Å²) in [5.74, 6) is -1.53. The molecule has 2 atom stereocenters. The molecular weight excluding hydrogens is 517 g/mol. The normalized spacial score (nSPS) is 12.8. The van der Waals surface area contributed by atoms with E-state index in [2.05, 4.69) is 5.32 Å². The van der Waals surface area contributed by atoms with Gasteiger partial charge in [-0.15, -0.1) is 0 Å². The standard InChI is InChI=1S/C30H36FN3O4S/c1-5-23(3)32-30(36)28(18-24-13-7-6-8-14-24)33(20-25-15-10-9-12-22(25)2)29(35)21-34(39(4,37)38)27-17-11-16-26(31)19-27/h6-17,19,23,28H,5,18,20-21H2,1-4H3,(H,32,36)/t23-,28-/m0/s1. The largest absolute Gasteiger partial charge is 0.352 e. The van der Waals surface area contributed by atoms with Crippen molar-refractivity contribution in [1.82, 2.24) is 10.2 Å². The average molecular weight is 554 g/mol. The Morgan fingerprint density at radius 3 is 2.26 bits per heavy atom. The Balaban J connectivity index is 2.07. The molecule has 0 saturated carbocycles. The zero-order valence-corrected chi connectivity index (χ0v) is 23.6. The quantitative estimate of drug-likeness (QED) is 0.359. The topological polar surface area (TPSA) is 86.8 Å². The maximum atomic E-state index is 14.0. The summed E-state index contributed by atoms with van der Waals surface area (Å²) in [4.78, 5) is 29.1. The van der Waals surface area contributed by atoms with E-state index in [1.54, 1.807) is 0 Å². The summed E-state index contributed by atoms with van der Waals surface area (Å²) < 4.78 is 40.4. The lowest BCUT2D eigenvalue weighted by atomic mass is 10.0. The fourth-order valence-corrected chi connectivity index (χ4v) is 5.05. The van der Waals surface area contributed by atoms with Gasteiger partial charge in [-0.05, 0) is 55.2 Å². The zero-order chi connectivity index (χ0) is 28.6. The highest BCUT2D eigenvalue weighted by Crippen LogP contribution is 2.22. The van der Waals surface area contributed by atoms with Gasteiger partial charge >= 0.3 is 0 Å². The van der Waals surface area contributed by atoms with Crippen molar-refractivity contribution < 1.29 is 22.4 Å². The number of nitrogens with zero attached hydrogens (tertiary/aromatic N) is 2. The average Bonchev–Trinajstić information content (AvgIpc) is 2.89. The minimum atomic E-state index is -3.95. The van der Waals surface area contributed by atoms with Crippen LogP contribution in [0.2, 0.25) is 0 Å². The second-order valence-corrected chi connectivity index (χ2v) is 11.6. The Hall–Kier alpha value is -3.72. The van der Waals surface area contributed by atoms with Gasteiger partial charge in [-0.1, -0.05) is 67.6 Å². The van der Waals surface area contributed by atoms with Gasteiger partial charge in [-0.2, -0.15) is 0 Å². The van der Waals surface area contributed by atoms with Gasteiger partial charge in [0.25, 0.3) is 0 Å². The summed E-state index contributed by atoms with van der Waals surface area (Å²) in [6.07, 6.45) is 1.91. The molecule has 0 radical (unpaired) electrons. The first kappa shape index (κ1) is 29.8. The van der Waals surface area contributed by atoms with Gasteiger partial charge in [0, 0.05) is 19.0 Å². The smallest absolute Gasteiger partial charge is 0.244 e. The maximum absolute atomic E-state index is 14.0. The van der Waals surface area contributed by atoms with Crippen molar-refractivity contribution in [2.24, 2.45) is 0 Å². The fraction of sp³-hybridized carbons (Fsp3) is 0.333.